The lowest BCUT2D eigenvalue weighted by Gasteiger charge is -2.34. The van der Waals surface area contributed by atoms with Gasteiger partial charge < -0.3 is 19.6 Å². The summed E-state index contributed by atoms with van der Waals surface area (Å²) in [6, 6.07) is 9.16. The number of hydrogen-bond acceptors (Lipinski definition) is 8. The normalized spacial score (nSPS) is 16.3. The number of amides is 1. The largest absolute Gasteiger partial charge is 0.369 e. The van der Waals surface area contributed by atoms with Crippen LogP contribution in [0.5, 0.6) is 0 Å². The first-order valence-corrected chi connectivity index (χ1v) is 10.8. The first-order chi connectivity index (χ1) is 14.9. The van der Waals surface area contributed by atoms with Crippen LogP contribution in [-0.2, 0) is 0 Å². The minimum atomic E-state index is -0.419. The second kappa shape index (κ2) is 7.44. The second-order valence-electron chi connectivity index (χ2n) is 7.78. The van der Waals surface area contributed by atoms with Gasteiger partial charge in [0, 0.05) is 43.1 Å². The molecule has 0 atom stereocenters. The topological polar surface area (TPSA) is 95.8 Å². The summed E-state index contributed by atoms with van der Waals surface area (Å²) in [6.45, 7) is 5.46. The molecule has 31 heavy (non-hydrogen) atoms. The Morgan fingerprint density at radius 3 is 2.68 bits per heavy atom. The molecule has 3 heterocycles. The molecule has 0 bridgehead atoms. The maximum absolute atomic E-state index is 12.9. The molecular weight excluding hydrogens is 416 g/mol. The molecule has 0 radical (unpaired) electrons. The van der Waals surface area contributed by atoms with Crippen LogP contribution in [-0.4, -0.2) is 60.8 Å². The number of ketones is 2. The van der Waals surface area contributed by atoms with E-state index >= 15 is 0 Å². The van der Waals surface area contributed by atoms with Crippen molar-refractivity contribution < 1.29 is 18.9 Å². The molecule has 8 nitrogen and oxygen atoms in total. The molecule has 5 rings (SSSR count). The van der Waals surface area contributed by atoms with Crippen LogP contribution in [0.15, 0.2) is 34.9 Å². The summed E-state index contributed by atoms with van der Waals surface area (Å²) in [5.41, 5.74) is 2.46. The molecule has 0 spiro atoms. The fraction of sp³-hybridized carbons (Fsp3) is 0.273. The lowest BCUT2D eigenvalue weighted by Crippen LogP contribution is -2.44. The fourth-order valence-corrected chi connectivity index (χ4v) is 4.90. The van der Waals surface area contributed by atoms with E-state index in [1.54, 1.807) is 6.92 Å². The highest BCUT2D eigenvalue weighted by Crippen LogP contribution is 2.35. The summed E-state index contributed by atoms with van der Waals surface area (Å²) in [4.78, 5) is 43.5. The maximum atomic E-state index is 12.9. The van der Waals surface area contributed by atoms with E-state index < -0.39 is 5.78 Å². The van der Waals surface area contributed by atoms with Crippen LogP contribution in [0.4, 0.5) is 11.4 Å². The number of carbonyl (C=O) groups is 3. The predicted molar refractivity (Wildman–Crippen MR) is 117 cm³/mol. The van der Waals surface area contributed by atoms with Gasteiger partial charge in [-0.05, 0) is 38.2 Å². The molecule has 0 unspecified atom stereocenters. The number of thiophene rings is 1. The van der Waals surface area contributed by atoms with Crippen molar-refractivity contribution in [3.63, 3.8) is 0 Å². The average molecular weight is 436 g/mol. The van der Waals surface area contributed by atoms with Gasteiger partial charge in [-0.3, -0.25) is 14.4 Å². The zero-order chi connectivity index (χ0) is 21.7. The summed E-state index contributed by atoms with van der Waals surface area (Å²) in [5.74, 6) is -1.16. The summed E-state index contributed by atoms with van der Waals surface area (Å²) >= 11 is 1.01. The summed E-state index contributed by atoms with van der Waals surface area (Å²) in [5, 5.41) is 6.62. The number of likely N-dealkylation sites (N-methyl/N-ethyl adjacent to an activating group) is 1. The van der Waals surface area contributed by atoms with E-state index in [2.05, 4.69) is 27.3 Å². The van der Waals surface area contributed by atoms with E-state index in [1.807, 2.05) is 24.3 Å². The SMILES string of the molecule is Cc1noc2c1C(=O)c1sc(C(=O)Nc3cccc(N4CCN(C)CC4)c3)cc1C2=O. The van der Waals surface area contributed by atoms with Crippen molar-refractivity contribution in [3.8, 4) is 0 Å². The highest BCUT2D eigenvalue weighted by Gasteiger charge is 2.38. The molecule has 2 aromatic heterocycles. The van der Waals surface area contributed by atoms with Gasteiger partial charge in [0.1, 0.15) is 0 Å². The Morgan fingerprint density at radius 2 is 1.90 bits per heavy atom. The van der Waals surface area contributed by atoms with Gasteiger partial charge in [-0.2, -0.15) is 0 Å². The van der Waals surface area contributed by atoms with Gasteiger partial charge in [0.05, 0.1) is 21.0 Å². The quantitative estimate of drug-likeness (QED) is 0.528. The number of aromatic nitrogens is 1. The van der Waals surface area contributed by atoms with Crippen molar-refractivity contribution in [2.45, 2.75) is 6.92 Å². The highest BCUT2D eigenvalue weighted by atomic mass is 32.1. The Morgan fingerprint density at radius 1 is 1.13 bits per heavy atom. The summed E-state index contributed by atoms with van der Waals surface area (Å²) in [7, 11) is 2.11. The number of rotatable bonds is 3. The Balaban J connectivity index is 1.37. The number of piperazine rings is 1. The molecule has 1 aliphatic heterocycles. The first-order valence-electron chi connectivity index (χ1n) is 9.97. The average Bonchev–Trinajstić information content (AvgIpc) is 3.38. The molecule has 158 valence electrons. The molecule has 1 N–H and O–H groups in total. The molecule has 1 amide bonds. The van der Waals surface area contributed by atoms with E-state index in [-0.39, 0.29) is 33.5 Å². The number of aryl methyl sites for hydroxylation is 1. The molecule has 2 aliphatic rings. The van der Waals surface area contributed by atoms with Gasteiger partial charge in [-0.15, -0.1) is 11.3 Å². The number of benzene rings is 1. The Labute approximate surface area is 182 Å². The zero-order valence-electron chi connectivity index (χ0n) is 17.1. The second-order valence-corrected chi connectivity index (χ2v) is 8.83. The van der Waals surface area contributed by atoms with Crippen molar-refractivity contribution in [1.82, 2.24) is 10.1 Å². The molecular formula is C22H20N4O4S. The van der Waals surface area contributed by atoms with E-state index in [9.17, 15) is 14.4 Å². The molecule has 1 saturated heterocycles. The fourth-order valence-electron chi connectivity index (χ4n) is 3.91. The van der Waals surface area contributed by atoms with Gasteiger partial charge in [0.15, 0.2) is 0 Å². The van der Waals surface area contributed by atoms with Crippen molar-refractivity contribution in [3.05, 3.63) is 62.7 Å². The molecule has 9 heteroatoms. The summed E-state index contributed by atoms with van der Waals surface area (Å²) < 4.78 is 5.05. The van der Waals surface area contributed by atoms with E-state index in [4.69, 9.17) is 4.52 Å². The number of hydrogen-bond donors (Lipinski definition) is 1. The van der Waals surface area contributed by atoms with Gasteiger partial charge in [-0.25, -0.2) is 0 Å². The monoisotopic (exact) mass is 436 g/mol. The Kier molecular flexibility index (Phi) is 4.71. The van der Waals surface area contributed by atoms with E-state index in [0.717, 1.165) is 43.2 Å². The minimum Gasteiger partial charge on any atom is -0.369 e. The third-order valence-electron chi connectivity index (χ3n) is 5.68. The maximum Gasteiger partial charge on any atom is 0.265 e. The van der Waals surface area contributed by atoms with Gasteiger partial charge >= 0.3 is 0 Å². The number of carbonyl (C=O) groups excluding carboxylic acids is 3. The van der Waals surface area contributed by atoms with E-state index in [1.165, 1.54) is 6.07 Å². The van der Waals surface area contributed by atoms with Crippen molar-refractivity contribution in [1.29, 1.82) is 0 Å². The summed E-state index contributed by atoms with van der Waals surface area (Å²) in [6.07, 6.45) is 0. The van der Waals surface area contributed by atoms with Crippen LogP contribution < -0.4 is 10.2 Å². The molecule has 3 aromatic rings. The Bertz CT molecular complexity index is 1220. The van der Waals surface area contributed by atoms with Crippen LogP contribution in [0.25, 0.3) is 0 Å². The lowest BCUT2D eigenvalue weighted by molar-refractivity contribution is 0.0957. The number of nitrogens with zero attached hydrogens (tertiary/aromatic N) is 3. The van der Waals surface area contributed by atoms with Crippen LogP contribution in [0.1, 0.15) is 46.7 Å². The van der Waals surface area contributed by atoms with Crippen LogP contribution in [0.2, 0.25) is 0 Å². The Hall–Kier alpha value is -3.30. The standard InChI is InChI=1S/C22H20N4O4S/c1-12-17-19(28)21-15(18(27)20(17)30-24-12)11-16(31-21)22(29)23-13-4-3-5-14(10-13)26-8-6-25(2)7-9-26/h3-5,10-11H,6-9H2,1-2H3,(H,23,29). The first kappa shape index (κ1) is 19.7. The van der Waals surface area contributed by atoms with Crippen LogP contribution in [0, 0.1) is 6.92 Å². The number of anilines is 2. The van der Waals surface area contributed by atoms with Crippen LogP contribution >= 0.6 is 11.3 Å². The third kappa shape index (κ3) is 3.35. The molecule has 1 aliphatic carbocycles. The van der Waals surface area contributed by atoms with Crippen molar-refractivity contribution >= 4 is 40.2 Å². The third-order valence-corrected chi connectivity index (χ3v) is 6.81. The number of nitrogens with one attached hydrogen (secondary N) is 1. The van der Waals surface area contributed by atoms with Gasteiger partial charge in [-0.1, -0.05) is 11.2 Å². The molecule has 0 saturated carbocycles. The van der Waals surface area contributed by atoms with Crippen LogP contribution in [0.3, 0.4) is 0 Å². The van der Waals surface area contributed by atoms with Crippen molar-refractivity contribution in [2.24, 2.45) is 0 Å². The molecule has 1 aromatic carbocycles. The van der Waals surface area contributed by atoms with Gasteiger partial charge in [0.25, 0.3) is 5.91 Å². The predicted octanol–water partition coefficient (Wildman–Crippen LogP) is 2.82. The zero-order valence-corrected chi connectivity index (χ0v) is 17.9. The lowest BCUT2D eigenvalue weighted by atomic mass is 9.93. The van der Waals surface area contributed by atoms with Gasteiger partial charge in [0.2, 0.25) is 17.3 Å². The van der Waals surface area contributed by atoms with E-state index in [0.29, 0.717) is 16.3 Å². The van der Waals surface area contributed by atoms with Crippen molar-refractivity contribution in [2.75, 3.05) is 43.4 Å². The minimum absolute atomic E-state index is 0.0559. The smallest absolute Gasteiger partial charge is 0.265 e. The highest BCUT2D eigenvalue weighted by molar-refractivity contribution is 7.16. The number of fused-ring (bicyclic) bond motifs is 2. The molecule has 1 fully saturated rings.